The largest absolute Gasteiger partial charge is 0.299 e. The van der Waals surface area contributed by atoms with E-state index >= 15 is 0 Å². The molecule has 2 N–H and O–H groups in total. The number of allylic oxidation sites excluding steroid dienone is 4. The molecule has 0 atom stereocenters. The highest BCUT2D eigenvalue weighted by molar-refractivity contribution is 6.63. The number of pyridine rings is 1. The molecule has 4 nitrogen and oxygen atoms in total. The smallest absolute Gasteiger partial charge is 0.116 e. The molecule has 0 radical (unpaired) electrons. The van der Waals surface area contributed by atoms with Crippen LogP contribution in [0.5, 0.6) is 0 Å². The van der Waals surface area contributed by atoms with E-state index in [2.05, 4.69) is 150 Å². The highest BCUT2D eigenvalue weighted by Gasteiger charge is 2.24. The number of fused-ring (bicyclic) bond motifs is 2. The number of nitrogens with zero attached hydrogens (tertiary/aromatic N) is 2. The summed E-state index contributed by atoms with van der Waals surface area (Å²) in [4.78, 5) is 4.17. The van der Waals surface area contributed by atoms with Crippen LogP contribution in [0.25, 0.3) is 66.1 Å². The number of hydrogen-bond acceptors (Lipinski definition) is 4. The number of rotatable bonds is 7. The molecule has 4 heteroatoms. The fourth-order valence-corrected chi connectivity index (χ4v) is 7.37. The van der Waals surface area contributed by atoms with Gasteiger partial charge in [0.2, 0.25) is 0 Å². The molecule has 0 saturated heterocycles. The number of aromatic nitrogens is 1. The van der Waals surface area contributed by atoms with Gasteiger partial charge in [0.25, 0.3) is 0 Å². The van der Waals surface area contributed by atoms with Crippen molar-refractivity contribution in [3.63, 3.8) is 0 Å². The molecular formula is C49H34N4. The van der Waals surface area contributed by atoms with Gasteiger partial charge in [-0.05, 0) is 108 Å². The van der Waals surface area contributed by atoms with Crippen LogP contribution in [0.3, 0.4) is 0 Å². The Morgan fingerprint density at radius 2 is 0.943 bits per heavy atom. The average Bonchev–Trinajstić information content (AvgIpc) is 3.23. The van der Waals surface area contributed by atoms with E-state index in [1.807, 2.05) is 42.5 Å². The Bertz CT molecular complexity index is 2740. The van der Waals surface area contributed by atoms with Crippen molar-refractivity contribution in [2.24, 2.45) is 5.10 Å². The minimum absolute atomic E-state index is 0.336. The fraction of sp³-hybridized carbons (Fsp3) is 0. The van der Waals surface area contributed by atoms with Gasteiger partial charge in [-0.15, -0.1) is 0 Å². The Hall–Kier alpha value is -7.17. The minimum atomic E-state index is 0.336. The van der Waals surface area contributed by atoms with Crippen LogP contribution in [0.2, 0.25) is 0 Å². The van der Waals surface area contributed by atoms with E-state index in [1.54, 1.807) is 12.4 Å². The van der Waals surface area contributed by atoms with Crippen LogP contribution in [0, 0.1) is 5.41 Å². The Morgan fingerprint density at radius 3 is 1.57 bits per heavy atom. The normalized spacial score (nSPS) is 13.6. The predicted molar refractivity (Wildman–Crippen MR) is 223 cm³/mol. The van der Waals surface area contributed by atoms with E-state index in [1.165, 1.54) is 22.1 Å². The Morgan fingerprint density at radius 1 is 0.434 bits per heavy atom. The van der Waals surface area contributed by atoms with E-state index in [-0.39, 0.29) is 0 Å². The van der Waals surface area contributed by atoms with Crippen LogP contribution in [-0.2, 0) is 0 Å². The second-order valence-corrected chi connectivity index (χ2v) is 13.1. The van der Waals surface area contributed by atoms with Crippen LogP contribution < -0.4 is 5.43 Å². The molecule has 1 aliphatic carbocycles. The summed E-state index contributed by atoms with van der Waals surface area (Å²) in [7, 11) is 0. The number of hydrazone groups is 1. The second-order valence-electron chi connectivity index (χ2n) is 13.1. The molecule has 1 aromatic heterocycles. The molecule has 0 amide bonds. The molecule has 53 heavy (non-hydrogen) atoms. The maximum absolute atomic E-state index is 9.52. The van der Waals surface area contributed by atoms with Crippen molar-refractivity contribution < 1.29 is 0 Å². The Labute approximate surface area is 308 Å². The first-order valence-corrected chi connectivity index (χ1v) is 17.7. The van der Waals surface area contributed by atoms with Crippen molar-refractivity contribution in [3.05, 3.63) is 206 Å². The van der Waals surface area contributed by atoms with E-state index in [0.717, 1.165) is 60.8 Å². The zero-order valence-electron chi connectivity index (χ0n) is 28.9. The molecule has 0 bridgehead atoms. The van der Waals surface area contributed by atoms with Crippen molar-refractivity contribution in [1.29, 1.82) is 5.41 Å². The topological polar surface area (TPSA) is 61.1 Å². The third kappa shape index (κ3) is 6.13. The van der Waals surface area contributed by atoms with Gasteiger partial charge in [-0.1, -0.05) is 146 Å². The summed E-state index contributed by atoms with van der Waals surface area (Å²) in [5.41, 5.74) is 15.8. The standard InChI is InChI=1S/C49H34N4/c50-48-32-37(41-23-22-39(34-12-3-1-4-13-34)42-18-7-8-20-44(41)42)31-47(49(48)53-52-38-17-11-16-36(30-38)33-26-28-51-29-27-33)46-25-24-40(35-14-5-2-6-15-35)43-19-9-10-21-45(43)46/h1-32,50,52H/b50-48?,53-49-. The van der Waals surface area contributed by atoms with Gasteiger partial charge in [0.1, 0.15) is 5.71 Å². The lowest BCUT2D eigenvalue weighted by Gasteiger charge is -2.21. The zero-order valence-corrected chi connectivity index (χ0v) is 28.9. The molecular weight excluding hydrogens is 645 g/mol. The molecule has 0 aliphatic heterocycles. The van der Waals surface area contributed by atoms with E-state index in [4.69, 9.17) is 5.10 Å². The highest BCUT2D eigenvalue weighted by Crippen LogP contribution is 2.40. The maximum atomic E-state index is 9.52. The highest BCUT2D eigenvalue weighted by atomic mass is 15.3. The van der Waals surface area contributed by atoms with Gasteiger partial charge in [0.05, 0.1) is 11.4 Å². The van der Waals surface area contributed by atoms with Crippen LogP contribution in [0.4, 0.5) is 5.69 Å². The van der Waals surface area contributed by atoms with Crippen molar-refractivity contribution >= 4 is 49.8 Å². The van der Waals surface area contributed by atoms with Gasteiger partial charge < -0.3 is 0 Å². The van der Waals surface area contributed by atoms with Gasteiger partial charge in [-0.3, -0.25) is 15.8 Å². The predicted octanol–water partition coefficient (Wildman–Crippen LogP) is 12.4. The summed E-state index contributed by atoms with van der Waals surface area (Å²) >= 11 is 0. The van der Waals surface area contributed by atoms with Gasteiger partial charge in [-0.25, -0.2) is 0 Å². The van der Waals surface area contributed by atoms with E-state index in [9.17, 15) is 5.41 Å². The molecule has 0 saturated carbocycles. The Balaban J connectivity index is 1.20. The molecule has 1 heterocycles. The molecule has 0 spiro atoms. The van der Waals surface area contributed by atoms with Gasteiger partial charge in [0, 0.05) is 18.0 Å². The van der Waals surface area contributed by atoms with Crippen molar-refractivity contribution in [1.82, 2.24) is 4.98 Å². The van der Waals surface area contributed by atoms with Crippen molar-refractivity contribution in [3.8, 4) is 33.4 Å². The van der Waals surface area contributed by atoms with Gasteiger partial charge in [-0.2, -0.15) is 5.10 Å². The summed E-state index contributed by atoms with van der Waals surface area (Å²) in [5, 5.41) is 19.1. The second kappa shape index (κ2) is 13.9. The first-order chi connectivity index (χ1) is 26.2. The summed E-state index contributed by atoms with van der Waals surface area (Å²) < 4.78 is 0. The average molecular weight is 679 g/mol. The van der Waals surface area contributed by atoms with Crippen molar-refractivity contribution in [2.75, 3.05) is 5.43 Å². The number of anilines is 1. The third-order valence-electron chi connectivity index (χ3n) is 9.90. The molecule has 9 rings (SSSR count). The number of benzene rings is 7. The quantitative estimate of drug-likeness (QED) is 0.130. The molecule has 8 aromatic rings. The minimum Gasteiger partial charge on any atom is -0.299 e. The molecule has 7 aromatic carbocycles. The molecule has 0 unspecified atom stereocenters. The molecule has 0 fully saturated rings. The lowest BCUT2D eigenvalue weighted by atomic mass is 9.83. The van der Waals surface area contributed by atoms with Gasteiger partial charge >= 0.3 is 0 Å². The van der Waals surface area contributed by atoms with Crippen LogP contribution in [0.1, 0.15) is 11.1 Å². The lowest BCUT2D eigenvalue weighted by Crippen LogP contribution is -2.19. The SMILES string of the molecule is N=C1C=C(c2ccc(-c3ccccc3)c3ccccc23)C=C(c2ccc(-c3ccccc3)c3ccccc23)/C1=N/Nc1cccc(-c2ccncc2)c1. The van der Waals surface area contributed by atoms with Crippen LogP contribution in [0.15, 0.2) is 200 Å². The van der Waals surface area contributed by atoms with E-state index in [0.29, 0.717) is 11.4 Å². The summed E-state index contributed by atoms with van der Waals surface area (Å²) in [6.45, 7) is 0. The zero-order chi connectivity index (χ0) is 35.6. The maximum Gasteiger partial charge on any atom is 0.116 e. The lowest BCUT2D eigenvalue weighted by molar-refractivity contribution is 1.32. The summed E-state index contributed by atoms with van der Waals surface area (Å²) in [5.74, 6) is 0. The summed E-state index contributed by atoms with van der Waals surface area (Å²) in [6.07, 6.45) is 7.75. The first-order valence-electron chi connectivity index (χ1n) is 17.7. The molecule has 250 valence electrons. The van der Waals surface area contributed by atoms with Gasteiger partial charge in [0.15, 0.2) is 0 Å². The van der Waals surface area contributed by atoms with Crippen LogP contribution in [-0.4, -0.2) is 16.4 Å². The van der Waals surface area contributed by atoms with Crippen molar-refractivity contribution in [2.45, 2.75) is 0 Å². The summed E-state index contributed by atoms with van der Waals surface area (Å²) in [6, 6.07) is 59.0. The number of hydrogen-bond donors (Lipinski definition) is 2. The third-order valence-corrected chi connectivity index (χ3v) is 9.90. The van der Waals surface area contributed by atoms with E-state index < -0.39 is 0 Å². The molecule has 1 aliphatic rings. The van der Waals surface area contributed by atoms with Crippen LogP contribution >= 0.6 is 0 Å². The Kier molecular flexibility index (Phi) is 8.31. The number of nitrogens with one attached hydrogen (secondary N) is 2. The monoisotopic (exact) mass is 678 g/mol. The first kappa shape index (κ1) is 31.8. The fourth-order valence-electron chi connectivity index (χ4n) is 7.37.